The number of carbonyl (C=O) groups excluding carboxylic acids is 1. The maximum atomic E-state index is 11.9. The van der Waals surface area contributed by atoms with Crippen molar-refractivity contribution >= 4 is 5.91 Å². The van der Waals surface area contributed by atoms with Crippen LogP contribution in [-0.2, 0) is 11.3 Å². The van der Waals surface area contributed by atoms with Crippen molar-refractivity contribution in [3.63, 3.8) is 0 Å². The van der Waals surface area contributed by atoms with Crippen molar-refractivity contribution in [2.45, 2.75) is 19.5 Å². The molecule has 0 saturated heterocycles. The van der Waals surface area contributed by atoms with Gasteiger partial charge < -0.3 is 15.6 Å². The molecule has 1 aromatic heterocycles. The Hall–Kier alpha value is -2.07. The molecule has 19 heavy (non-hydrogen) atoms. The van der Waals surface area contributed by atoms with Crippen LogP contribution in [0.15, 0.2) is 48.8 Å². The highest BCUT2D eigenvalue weighted by atomic mass is 16.2. The molecular formula is C15H19N3O. The van der Waals surface area contributed by atoms with Crippen LogP contribution >= 0.6 is 0 Å². The van der Waals surface area contributed by atoms with Crippen molar-refractivity contribution in [2.24, 2.45) is 5.73 Å². The number of nitrogens with two attached hydrogens (primary N) is 1. The van der Waals surface area contributed by atoms with E-state index in [2.05, 4.69) is 5.32 Å². The summed E-state index contributed by atoms with van der Waals surface area (Å²) in [4.78, 5) is 11.9. The standard InChI is InChI=1S/C15H19N3O/c1-12-4-6-13(7-5-12)14(16)15(19)17-8-11-18-9-2-3-10-18/h2-7,9-10,14H,8,11,16H2,1H3,(H,17,19). The fourth-order valence-corrected chi connectivity index (χ4v) is 1.86. The number of hydrogen-bond acceptors (Lipinski definition) is 2. The highest BCUT2D eigenvalue weighted by Gasteiger charge is 2.14. The van der Waals surface area contributed by atoms with E-state index in [1.807, 2.05) is 60.3 Å². The number of benzene rings is 1. The second-order valence-electron chi connectivity index (χ2n) is 4.60. The first kappa shape index (κ1) is 13.4. The zero-order valence-corrected chi connectivity index (χ0v) is 11.0. The molecular weight excluding hydrogens is 238 g/mol. The molecule has 1 heterocycles. The summed E-state index contributed by atoms with van der Waals surface area (Å²) in [7, 11) is 0. The fraction of sp³-hybridized carbons (Fsp3) is 0.267. The summed E-state index contributed by atoms with van der Waals surface area (Å²) < 4.78 is 2.01. The second-order valence-corrected chi connectivity index (χ2v) is 4.60. The summed E-state index contributed by atoms with van der Waals surface area (Å²) in [6.45, 7) is 3.33. The molecule has 2 rings (SSSR count). The number of rotatable bonds is 5. The van der Waals surface area contributed by atoms with E-state index in [4.69, 9.17) is 5.73 Å². The van der Waals surface area contributed by atoms with Crippen LogP contribution in [0, 0.1) is 6.92 Å². The van der Waals surface area contributed by atoms with E-state index < -0.39 is 6.04 Å². The van der Waals surface area contributed by atoms with Gasteiger partial charge in [-0.25, -0.2) is 0 Å². The van der Waals surface area contributed by atoms with E-state index >= 15 is 0 Å². The lowest BCUT2D eigenvalue weighted by Crippen LogP contribution is -2.35. The minimum absolute atomic E-state index is 0.143. The molecule has 100 valence electrons. The number of amides is 1. The summed E-state index contributed by atoms with van der Waals surface area (Å²) >= 11 is 0. The number of hydrogen-bond donors (Lipinski definition) is 2. The Morgan fingerprint density at radius 1 is 1.26 bits per heavy atom. The third kappa shape index (κ3) is 3.69. The predicted octanol–water partition coefficient (Wildman–Crippen LogP) is 1.61. The average Bonchev–Trinajstić information content (AvgIpc) is 2.92. The molecule has 4 nitrogen and oxygen atoms in total. The van der Waals surface area contributed by atoms with E-state index in [1.54, 1.807) is 0 Å². The Morgan fingerprint density at radius 3 is 2.53 bits per heavy atom. The molecule has 0 aliphatic rings. The molecule has 0 saturated carbocycles. The normalized spacial score (nSPS) is 12.1. The Labute approximate surface area is 113 Å². The minimum atomic E-state index is -0.606. The van der Waals surface area contributed by atoms with Gasteiger partial charge in [0.15, 0.2) is 0 Å². The molecule has 0 fully saturated rings. The van der Waals surface area contributed by atoms with E-state index in [0.717, 1.165) is 17.7 Å². The molecule has 0 spiro atoms. The highest BCUT2D eigenvalue weighted by Crippen LogP contribution is 2.11. The Bertz CT molecular complexity index is 517. The Balaban J connectivity index is 1.83. The Kier molecular flexibility index (Phi) is 4.36. The number of nitrogens with zero attached hydrogens (tertiary/aromatic N) is 1. The molecule has 1 unspecified atom stereocenters. The lowest BCUT2D eigenvalue weighted by Gasteiger charge is -2.13. The third-order valence-corrected chi connectivity index (χ3v) is 3.05. The van der Waals surface area contributed by atoms with Crippen molar-refractivity contribution in [1.82, 2.24) is 9.88 Å². The molecule has 1 amide bonds. The van der Waals surface area contributed by atoms with E-state index in [1.165, 1.54) is 0 Å². The molecule has 0 bridgehead atoms. The zero-order valence-electron chi connectivity index (χ0n) is 11.0. The van der Waals surface area contributed by atoms with Gasteiger partial charge in [0.1, 0.15) is 6.04 Å². The van der Waals surface area contributed by atoms with Gasteiger partial charge in [-0.1, -0.05) is 29.8 Å². The average molecular weight is 257 g/mol. The van der Waals surface area contributed by atoms with Gasteiger partial charge >= 0.3 is 0 Å². The van der Waals surface area contributed by atoms with Crippen molar-refractivity contribution in [1.29, 1.82) is 0 Å². The monoisotopic (exact) mass is 257 g/mol. The number of aromatic nitrogens is 1. The summed E-state index contributed by atoms with van der Waals surface area (Å²) in [6, 6.07) is 11.0. The summed E-state index contributed by atoms with van der Waals surface area (Å²) in [6.07, 6.45) is 3.93. The van der Waals surface area contributed by atoms with Gasteiger partial charge in [-0.3, -0.25) is 4.79 Å². The third-order valence-electron chi connectivity index (χ3n) is 3.05. The van der Waals surface area contributed by atoms with E-state index in [0.29, 0.717) is 6.54 Å². The molecule has 3 N–H and O–H groups in total. The van der Waals surface area contributed by atoms with Gasteiger partial charge in [-0.05, 0) is 24.6 Å². The van der Waals surface area contributed by atoms with Crippen molar-refractivity contribution in [2.75, 3.05) is 6.54 Å². The maximum Gasteiger partial charge on any atom is 0.241 e. The molecule has 1 atom stereocenters. The summed E-state index contributed by atoms with van der Waals surface area (Å²) in [5.74, 6) is -0.143. The fourth-order valence-electron chi connectivity index (χ4n) is 1.86. The minimum Gasteiger partial charge on any atom is -0.353 e. The van der Waals surface area contributed by atoms with Crippen molar-refractivity contribution in [3.8, 4) is 0 Å². The van der Waals surface area contributed by atoms with Crippen LogP contribution in [0.4, 0.5) is 0 Å². The first-order valence-corrected chi connectivity index (χ1v) is 6.37. The van der Waals surface area contributed by atoms with Crippen molar-refractivity contribution < 1.29 is 4.79 Å². The first-order chi connectivity index (χ1) is 9.16. The van der Waals surface area contributed by atoms with Crippen LogP contribution in [0.25, 0.3) is 0 Å². The zero-order chi connectivity index (χ0) is 13.7. The maximum absolute atomic E-state index is 11.9. The van der Waals surface area contributed by atoms with Crippen LogP contribution < -0.4 is 11.1 Å². The number of nitrogens with one attached hydrogen (secondary N) is 1. The predicted molar refractivity (Wildman–Crippen MR) is 75.5 cm³/mol. The second kappa shape index (κ2) is 6.20. The molecule has 4 heteroatoms. The summed E-state index contributed by atoms with van der Waals surface area (Å²) in [5, 5.41) is 2.85. The Morgan fingerprint density at radius 2 is 1.89 bits per heavy atom. The number of aryl methyl sites for hydroxylation is 1. The van der Waals surface area contributed by atoms with Gasteiger partial charge in [-0.2, -0.15) is 0 Å². The van der Waals surface area contributed by atoms with E-state index in [-0.39, 0.29) is 5.91 Å². The molecule has 0 aliphatic heterocycles. The molecule has 2 aromatic rings. The van der Waals surface area contributed by atoms with Crippen molar-refractivity contribution in [3.05, 3.63) is 59.9 Å². The summed E-state index contributed by atoms with van der Waals surface area (Å²) in [5.41, 5.74) is 7.92. The van der Waals surface area contributed by atoms with Gasteiger partial charge in [-0.15, -0.1) is 0 Å². The SMILES string of the molecule is Cc1ccc(C(N)C(=O)NCCn2cccc2)cc1. The van der Waals surface area contributed by atoms with Crippen LogP contribution in [0.5, 0.6) is 0 Å². The van der Waals surface area contributed by atoms with Gasteiger partial charge in [0.2, 0.25) is 5.91 Å². The van der Waals surface area contributed by atoms with Crippen LogP contribution in [0.1, 0.15) is 17.2 Å². The quantitative estimate of drug-likeness (QED) is 0.855. The van der Waals surface area contributed by atoms with Gasteiger partial charge in [0.05, 0.1) is 0 Å². The van der Waals surface area contributed by atoms with E-state index in [9.17, 15) is 4.79 Å². The van der Waals surface area contributed by atoms with Crippen LogP contribution in [0.3, 0.4) is 0 Å². The van der Waals surface area contributed by atoms with Crippen LogP contribution in [-0.4, -0.2) is 17.0 Å². The topological polar surface area (TPSA) is 60.1 Å². The largest absolute Gasteiger partial charge is 0.353 e. The molecule has 0 aliphatic carbocycles. The lowest BCUT2D eigenvalue weighted by atomic mass is 10.1. The molecule has 1 aromatic carbocycles. The van der Waals surface area contributed by atoms with Gasteiger partial charge in [0.25, 0.3) is 0 Å². The smallest absolute Gasteiger partial charge is 0.241 e. The van der Waals surface area contributed by atoms with Gasteiger partial charge in [0, 0.05) is 25.5 Å². The van der Waals surface area contributed by atoms with Crippen LogP contribution in [0.2, 0.25) is 0 Å². The number of carbonyl (C=O) groups is 1. The highest BCUT2D eigenvalue weighted by molar-refractivity contribution is 5.82. The molecule has 0 radical (unpaired) electrons. The lowest BCUT2D eigenvalue weighted by molar-refractivity contribution is -0.122. The first-order valence-electron chi connectivity index (χ1n) is 6.37.